The van der Waals surface area contributed by atoms with Gasteiger partial charge in [-0.1, -0.05) is 0 Å². The van der Waals surface area contributed by atoms with Gasteiger partial charge in [0.2, 0.25) is 0 Å². The molecule has 0 spiro atoms. The molecule has 15 heavy (non-hydrogen) atoms. The van der Waals surface area contributed by atoms with Crippen molar-refractivity contribution in [1.29, 1.82) is 0 Å². The molecule has 0 aliphatic rings. The lowest BCUT2D eigenvalue weighted by Crippen LogP contribution is -2.16. The molecule has 84 valence electrons. The molecule has 2 nitrogen and oxygen atoms in total. The summed E-state index contributed by atoms with van der Waals surface area (Å²) in [5.74, 6) is 0.972. The molecular formula is C12H18ClNO. The summed E-state index contributed by atoms with van der Waals surface area (Å²) in [7, 11) is 3.69. The lowest BCUT2D eigenvalue weighted by molar-refractivity contribution is 0.408. The fraction of sp³-hybridized carbons (Fsp3) is 0.500. The molecule has 0 saturated carbocycles. The van der Waals surface area contributed by atoms with Gasteiger partial charge < -0.3 is 9.64 Å². The normalized spacial score (nSPS) is 10.3. The van der Waals surface area contributed by atoms with Crippen molar-refractivity contribution in [2.75, 3.05) is 25.1 Å². The van der Waals surface area contributed by atoms with Crippen LogP contribution in [0.5, 0.6) is 5.75 Å². The van der Waals surface area contributed by atoms with Crippen molar-refractivity contribution in [1.82, 2.24) is 0 Å². The largest absolute Gasteiger partial charge is 0.496 e. The van der Waals surface area contributed by atoms with E-state index in [1.807, 2.05) is 11.9 Å². The van der Waals surface area contributed by atoms with Crippen LogP contribution in [-0.2, 0) is 0 Å². The van der Waals surface area contributed by atoms with Crippen LogP contribution in [0.25, 0.3) is 0 Å². The Morgan fingerprint density at radius 3 is 2.33 bits per heavy atom. The Bertz CT molecular complexity index is 363. The number of aryl methyl sites for hydroxylation is 1. The quantitative estimate of drug-likeness (QED) is 0.581. The summed E-state index contributed by atoms with van der Waals surface area (Å²) in [5, 5.41) is 0. The molecule has 0 N–H and O–H groups in total. The molecule has 0 heterocycles. The molecule has 0 fully saturated rings. The molecule has 0 saturated heterocycles. The lowest BCUT2D eigenvalue weighted by Gasteiger charge is -2.22. The van der Waals surface area contributed by atoms with Crippen LogP contribution in [-0.4, -0.2) is 20.2 Å². The van der Waals surface area contributed by atoms with Gasteiger partial charge in [0, 0.05) is 12.7 Å². The minimum Gasteiger partial charge on any atom is -0.496 e. The van der Waals surface area contributed by atoms with Crippen LogP contribution < -0.4 is 9.64 Å². The van der Waals surface area contributed by atoms with Crippen LogP contribution in [0.15, 0.2) is 6.07 Å². The average molecular weight is 228 g/mol. The SMILES string of the molecule is COc1c(C)cc(N(C)CCl)c(C)c1C. The van der Waals surface area contributed by atoms with Gasteiger partial charge in [0.1, 0.15) is 5.75 Å². The van der Waals surface area contributed by atoms with Gasteiger partial charge in [-0.05, 0) is 43.5 Å². The van der Waals surface area contributed by atoms with Crippen LogP contribution in [0.1, 0.15) is 16.7 Å². The molecule has 0 aliphatic heterocycles. The van der Waals surface area contributed by atoms with E-state index >= 15 is 0 Å². The number of hydrogen-bond donors (Lipinski definition) is 0. The zero-order valence-corrected chi connectivity index (χ0v) is 10.8. The van der Waals surface area contributed by atoms with Crippen molar-refractivity contribution in [3.05, 3.63) is 22.8 Å². The van der Waals surface area contributed by atoms with E-state index < -0.39 is 0 Å². The fourth-order valence-electron chi connectivity index (χ4n) is 1.81. The molecule has 1 rings (SSSR count). The summed E-state index contributed by atoms with van der Waals surface area (Å²) in [6.07, 6.45) is 0. The Balaban J connectivity index is 3.33. The number of anilines is 1. The van der Waals surface area contributed by atoms with E-state index in [2.05, 4.69) is 26.8 Å². The van der Waals surface area contributed by atoms with Gasteiger partial charge in [0.05, 0.1) is 13.1 Å². The molecule has 1 aromatic carbocycles. The molecule has 0 unspecified atom stereocenters. The standard InChI is InChI=1S/C12H18ClNO/c1-8-6-11(14(4)7-13)9(2)10(3)12(8)15-5/h6H,7H2,1-5H3. The number of nitrogens with zero attached hydrogens (tertiary/aromatic N) is 1. The van der Waals surface area contributed by atoms with Crippen LogP contribution >= 0.6 is 11.6 Å². The van der Waals surface area contributed by atoms with E-state index in [9.17, 15) is 0 Å². The third-order valence-corrected chi connectivity index (χ3v) is 3.15. The molecule has 3 heteroatoms. The number of hydrogen-bond acceptors (Lipinski definition) is 2. The van der Waals surface area contributed by atoms with E-state index in [0.29, 0.717) is 6.00 Å². The van der Waals surface area contributed by atoms with Crippen LogP contribution in [0.2, 0.25) is 0 Å². The second kappa shape index (κ2) is 4.75. The minimum atomic E-state index is 0.492. The highest BCUT2D eigenvalue weighted by Gasteiger charge is 2.12. The summed E-state index contributed by atoms with van der Waals surface area (Å²) in [6.45, 7) is 6.22. The summed E-state index contributed by atoms with van der Waals surface area (Å²) in [4.78, 5) is 2.02. The maximum absolute atomic E-state index is 5.83. The number of methoxy groups -OCH3 is 1. The van der Waals surface area contributed by atoms with Crippen molar-refractivity contribution >= 4 is 17.3 Å². The molecule has 0 atom stereocenters. The Labute approximate surface area is 96.8 Å². The molecule has 0 aliphatic carbocycles. The molecule has 0 radical (unpaired) electrons. The number of ether oxygens (including phenoxy) is 1. The first-order valence-corrected chi connectivity index (χ1v) is 5.48. The molecule has 0 aromatic heterocycles. The Morgan fingerprint density at radius 1 is 1.27 bits per heavy atom. The smallest absolute Gasteiger partial charge is 0.125 e. The van der Waals surface area contributed by atoms with Crippen LogP contribution in [0.4, 0.5) is 5.69 Å². The summed E-state index contributed by atoms with van der Waals surface area (Å²) in [6, 6.07) is 2.61. The van der Waals surface area contributed by atoms with E-state index in [1.165, 1.54) is 16.8 Å². The third-order valence-electron chi connectivity index (χ3n) is 2.79. The van der Waals surface area contributed by atoms with E-state index in [1.54, 1.807) is 7.11 Å². The highest BCUT2D eigenvalue weighted by atomic mass is 35.5. The number of halogens is 1. The third kappa shape index (κ3) is 2.20. The highest BCUT2D eigenvalue weighted by molar-refractivity contribution is 6.19. The molecular weight excluding hydrogens is 210 g/mol. The molecule has 1 aromatic rings. The highest BCUT2D eigenvalue weighted by Crippen LogP contribution is 2.32. The van der Waals surface area contributed by atoms with Crippen molar-refractivity contribution in [2.45, 2.75) is 20.8 Å². The zero-order chi connectivity index (χ0) is 11.6. The predicted molar refractivity (Wildman–Crippen MR) is 66.3 cm³/mol. The Hall–Kier alpha value is -0.890. The first kappa shape index (κ1) is 12.2. The summed E-state index contributed by atoms with van der Waals surface area (Å²) < 4.78 is 5.37. The first-order valence-electron chi connectivity index (χ1n) is 4.94. The molecule has 0 amide bonds. The minimum absolute atomic E-state index is 0.492. The Kier molecular flexibility index (Phi) is 3.86. The maximum Gasteiger partial charge on any atom is 0.125 e. The van der Waals surface area contributed by atoms with Gasteiger partial charge in [0.15, 0.2) is 0 Å². The van der Waals surface area contributed by atoms with Crippen molar-refractivity contribution in [2.24, 2.45) is 0 Å². The van der Waals surface area contributed by atoms with Gasteiger partial charge in [-0.15, -0.1) is 11.6 Å². The van der Waals surface area contributed by atoms with E-state index in [0.717, 1.165) is 11.3 Å². The lowest BCUT2D eigenvalue weighted by atomic mass is 10.0. The summed E-state index contributed by atoms with van der Waals surface area (Å²) in [5.41, 5.74) is 4.72. The van der Waals surface area contributed by atoms with Crippen molar-refractivity contribution < 1.29 is 4.74 Å². The Morgan fingerprint density at radius 2 is 1.87 bits per heavy atom. The second-order valence-corrected chi connectivity index (χ2v) is 4.05. The second-order valence-electron chi connectivity index (χ2n) is 3.81. The monoisotopic (exact) mass is 227 g/mol. The van der Waals surface area contributed by atoms with Gasteiger partial charge >= 0.3 is 0 Å². The van der Waals surface area contributed by atoms with Gasteiger partial charge in [-0.2, -0.15) is 0 Å². The maximum atomic E-state index is 5.83. The number of rotatable bonds is 3. The van der Waals surface area contributed by atoms with E-state index in [4.69, 9.17) is 16.3 Å². The molecule has 0 bridgehead atoms. The van der Waals surface area contributed by atoms with Crippen LogP contribution in [0.3, 0.4) is 0 Å². The van der Waals surface area contributed by atoms with E-state index in [-0.39, 0.29) is 0 Å². The fourth-order valence-corrected chi connectivity index (χ4v) is 1.94. The number of alkyl halides is 1. The van der Waals surface area contributed by atoms with Gasteiger partial charge in [-0.3, -0.25) is 0 Å². The first-order chi connectivity index (χ1) is 7.02. The van der Waals surface area contributed by atoms with Crippen molar-refractivity contribution in [3.63, 3.8) is 0 Å². The predicted octanol–water partition coefficient (Wildman–Crippen LogP) is 3.25. The van der Waals surface area contributed by atoms with Crippen molar-refractivity contribution in [3.8, 4) is 5.75 Å². The van der Waals surface area contributed by atoms with Gasteiger partial charge in [0.25, 0.3) is 0 Å². The van der Waals surface area contributed by atoms with Gasteiger partial charge in [-0.25, -0.2) is 0 Å². The van der Waals surface area contributed by atoms with Crippen LogP contribution in [0, 0.1) is 20.8 Å². The summed E-state index contributed by atoms with van der Waals surface area (Å²) >= 11 is 5.83. The topological polar surface area (TPSA) is 12.5 Å². The number of benzene rings is 1. The zero-order valence-electron chi connectivity index (χ0n) is 10.0. The average Bonchev–Trinajstić information content (AvgIpc) is 2.23.